The van der Waals surface area contributed by atoms with E-state index in [1.54, 1.807) is 0 Å². The Kier molecular flexibility index (Phi) is 15.4. The van der Waals surface area contributed by atoms with Gasteiger partial charge in [0.2, 0.25) is 0 Å². The lowest BCUT2D eigenvalue weighted by molar-refractivity contribution is -0.161. The SMILES string of the molecule is CCCCCC(=O)OCC(COP(=O)(O)OCCN)OC(=O)CCCCC. The predicted octanol–water partition coefficient (Wildman–Crippen LogP) is 2.69. The first-order valence-corrected chi connectivity index (χ1v) is 11.0. The molecule has 0 bridgehead atoms. The van der Waals surface area contributed by atoms with Crippen LogP contribution in [0, 0.1) is 0 Å². The van der Waals surface area contributed by atoms with Crippen LogP contribution in [0.2, 0.25) is 0 Å². The van der Waals surface area contributed by atoms with Crippen LogP contribution < -0.4 is 5.73 Å². The van der Waals surface area contributed by atoms with E-state index in [-0.39, 0.29) is 32.6 Å². The number of carbonyl (C=O) groups excluding carboxylic acids is 2. The fraction of sp³-hybridized carbons (Fsp3) is 0.882. The highest BCUT2D eigenvalue weighted by Gasteiger charge is 2.25. The van der Waals surface area contributed by atoms with Crippen LogP contribution in [-0.4, -0.2) is 49.3 Å². The van der Waals surface area contributed by atoms with Crippen LogP contribution in [0.3, 0.4) is 0 Å². The molecule has 10 heteroatoms. The quantitative estimate of drug-likeness (QED) is 0.210. The lowest BCUT2D eigenvalue weighted by Gasteiger charge is -2.19. The molecule has 0 heterocycles. The van der Waals surface area contributed by atoms with Crippen molar-refractivity contribution in [3.05, 3.63) is 0 Å². The Balaban J connectivity index is 4.53. The molecule has 3 N–H and O–H groups in total. The highest BCUT2D eigenvalue weighted by atomic mass is 31.2. The summed E-state index contributed by atoms with van der Waals surface area (Å²) in [5.74, 6) is -0.892. The third-order valence-corrected chi connectivity index (χ3v) is 4.48. The van der Waals surface area contributed by atoms with Crippen LogP contribution in [0.25, 0.3) is 0 Å². The zero-order chi connectivity index (χ0) is 20.5. The largest absolute Gasteiger partial charge is 0.472 e. The average Bonchev–Trinajstić information content (AvgIpc) is 2.63. The number of hydrogen-bond donors (Lipinski definition) is 2. The van der Waals surface area contributed by atoms with Gasteiger partial charge in [-0.1, -0.05) is 39.5 Å². The van der Waals surface area contributed by atoms with Gasteiger partial charge in [0.15, 0.2) is 6.10 Å². The highest BCUT2D eigenvalue weighted by molar-refractivity contribution is 7.47. The van der Waals surface area contributed by atoms with E-state index >= 15 is 0 Å². The molecular weight excluding hydrogens is 377 g/mol. The van der Waals surface area contributed by atoms with E-state index in [1.165, 1.54) is 0 Å². The summed E-state index contributed by atoms with van der Waals surface area (Å²) in [5.41, 5.74) is 5.21. The van der Waals surface area contributed by atoms with Crippen molar-refractivity contribution < 1.29 is 37.6 Å². The van der Waals surface area contributed by atoms with Crippen molar-refractivity contribution in [1.82, 2.24) is 0 Å². The maximum Gasteiger partial charge on any atom is 0.472 e. The van der Waals surface area contributed by atoms with E-state index < -0.39 is 32.5 Å². The van der Waals surface area contributed by atoms with Gasteiger partial charge in [0.05, 0.1) is 13.2 Å². The minimum atomic E-state index is -4.31. The average molecular weight is 411 g/mol. The smallest absolute Gasteiger partial charge is 0.462 e. The zero-order valence-corrected chi connectivity index (χ0v) is 17.3. The van der Waals surface area contributed by atoms with Crippen LogP contribution in [0.15, 0.2) is 0 Å². The van der Waals surface area contributed by atoms with Crippen LogP contribution in [0.4, 0.5) is 0 Å². The Hall–Kier alpha value is -0.990. The molecule has 0 rings (SSSR count). The van der Waals surface area contributed by atoms with Gasteiger partial charge < -0.3 is 20.1 Å². The first kappa shape index (κ1) is 26.0. The van der Waals surface area contributed by atoms with Gasteiger partial charge in [-0.15, -0.1) is 0 Å². The Morgan fingerprint density at radius 2 is 1.56 bits per heavy atom. The van der Waals surface area contributed by atoms with Crippen molar-refractivity contribution in [1.29, 1.82) is 0 Å². The molecule has 0 amide bonds. The van der Waals surface area contributed by atoms with Crippen molar-refractivity contribution >= 4 is 19.8 Å². The summed E-state index contributed by atoms with van der Waals surface area (Å²) in [5, 5.41) is 0. The number of rotatable bonds is 17. The molecule has 9 nitrogen and oxygen atoms in total. The summed E-state index contributed by atoms with van der Waals surface area (Å²) in [6.07, 6.45) is 4.64. The molecule has 0 spiro atoms. The van der Waals surface area contributed by atoms with Gasteiger partial charge in [0, 0.05) is 19.4 Å². The summed E-state index contributed by atoms with van der Waals surface area (Å²) in [7, 11) is -4.31. The number of phosphoric ester groups is 1. The molecule has 0 fully saturated rings. The molecule has 0 saturated heterocycles. The van der Waals surface area contributed by atoms with Crippen molar-refractivity contribution in [3.63, 3.8) is 0 Å². The summed E-state index contributed by atoms with van der Waals surface area (Å²) < 4.78 is 31.4. The van der Waals surface area contributed by atoms with E-state index in [0.717, 1.165) is 25.7 Å². The Morgan fingerprint density at radius 1 is 0.963 bits per heavy atom. The number of unbranched alkanes of at least 4 members (excludes halogenated alkanes) is 4. The van der Waals surface area contributed by atoms with Crippen LogP contribution >= 0.6 is 7.82 Å². The minimum Gasteiger partial charge on any atom is -0.462 e. The molecule has 160 valence electrons. The molecule has 0 aromatic rings. The van der Waals surface area contributed by atoms with Crippen molar-refractivity contribution in [2.24, 2.45) is 5.73 Å². The van der Waals surface area contributed by atoms with Gasteiger partial charge in [-0.2, -0.15) is 0 Å². The second kappa shape index (κ2) is 16.0. The monoisotopic (exact) mass is 411 g/mol. The number of hydrogen-bond acceptors (Lipinski definition) is 8. The lowest BCUT2D eigenvalue weighted by Crippen LogP contribution is -2.29. The molecule has 2 atom stereocenters. The molecular formula is C17H34NO8P. The number of esters is 2. The topological polar surface area (TPSA) is 134 Å². The highest BCUT2D eigenvalue weighted by Crippen LogP contribution is 2.43. The normalized spacial score (nSPS) is 14.4. The Labute approximate surface area is 161 Å². The summed E-state index contributed by atoms with van der Waals surface area (Å²) in [4.78, 5) is 33.1. The van der Waals surface area contributed by atoms with Crippen LogP contribution in [0.1, 0.15) is 65.2 Å². The van der Waals surface area contributed by atoms with Gasteiger partial charge in [-0.25, -0.2) is 4.57 Å². The van der Waals surface area contributed by atoms with Crippen molar-refractivity contribution in [2.75, 3.05) is 26.4 Å². The van der Waals surface area contributed by atoms with Gasteiger partial charge >= 0.3 is 19.8 Å². The number of nitrogens with two attached hydrogens (primary N) is 1. The standard InChI is InChI=1S/C17H34NO8P/c1-3-5-7-9-16(19)23-13-15(26-17(20)10-8-6-4-2)14-25-27(21,22)24-12-11-18/h15H,3-14,18H2,1-2H3,(H,21,22). The zero-order valence-electron chi connectivity index (χ0n) is 16.4. The first-order chi connectivity index (χ1) is 12.8. The molecule has 27 heavy (non-hydrogen) atoms. The van der Waals surface area contributed by atoms with Crippen LogP contribution in [0.5, 0.6) is 0 Å². The minimum absolute atomic E-state index is 0.0547. The van der Waals surface area contributed by atoms with E-state index in [9.17, 15) is 19.0 Å². The molecule has 0 radical (unpaired) electrons. The Bertz CT molecular complexity index is 460. The van der Waals surface area contributed by atoms with E-state index in [4.69, 9.17) is 19.7 Å². The number of phosphoric acid groups is 1. The molecule has 0 aromatic heterocycles. The van der Waals surface area contributed by atoms with E-state index in [2.05, 4.69) is 4.52 Å². The van der Waals surface area contributed by atoms with Gasteiger partial charge in [0.25, 0.3) is 0 Å². The first-order valence-electron chi connectivity index (χ1n) is 9.51. The molecule has 2 unspecified atom stereocenters. The Morgan fingerprint density at radius 3 is 2.11 bits per heavy atom. The predicted molar refractivity (Wildman–Crippen MR) is 99.9 cm³/mol. The third-order valence-electron chi connectivity index (χ3n) is 3.49. The van der Waals surface area contributed by atoms with Gasteiger partial charge in [-0.05, 0) is 12.8 Å². The van der Waals surface area contributed by atoms with E-state index in [0.29, 0.717) is 12.8 Å². The maximum absolute atomic E-state index is 11.9. The van der Waals surface area contributed by atoms with Crippen molar-refractivity contribution in [3.8, 4) is 0 Å². The third kappa shape index (κ3) is 15.7. The lowest BCUT2D eigenvalue weighted by atomic mass is 10.2. The number of ether oxygens (including phenoxy) is 2. The number of carbonyl (C=O) groups is 2. The molecule has 0 aliphatic rings. The van der Waals surface area contributed by atoms with Gasteiger partial charge in [-0.3, -0.25) is 18.6 Å². The molecule has 0 saturated carbocycles. The van der Waals surface area contributed by atoms with Gasteiger partial charge in [0.1, 0.15) is 6.61 Å². The summed E-state index contributed by atoms with van der Waals surface area (Å²) in [6.45, 7) is 3.26. The van der Waals surface area contributed by atoms with Crippen LogP contribution in [-0.2, 0) is 32.7 Å². The molecule has 0 aromatic carbocycles. The maximum atomic E-state index is 11.9. The summed E-state index contributed by atoms with van der Waals surface area (Å²) in [6, 6.07) is 0. The second-order valence-corrected chi connectivity index (χ2v) is 7.55. The summed E-state index contributed by atoms with van der Waals surface area (Å²) >= 11 is 0. The fourth-order valence-corrected chi connectivity index (χ4v) is 2.81. The second-order valence-electron chi connectivity index (χ2n) is 6.10. The van der Waals surface area contributed by atoms with E-state index in [1.807, 2.05) is 13.8 Å². The molecule has 0 aliphatic heterocycles. The molecule has 0 aliphatic carbocycles. The van der Waals surface area contributed by atoms with Crippen molar-refractivity contribution in [2.45, 2.75) is 71.3 Å². The fourth-order valence-electron chi connectivity index (χ4n) is 2.04.